The minimum absolute atomic E-state index is 0.0606. The van der Waals surface area contributed by atoms with Gasteiger partial charge in [-0.15, -0.1) is 0 Å². The second-order valence-corrected chi connectivity index (χ2v) is 14.9. The predicted octanol–water partition coefficient (Wildman–Crippen LogP) is 7.98. The zero-order chi connectivity index (χ0) is 36.7. The molecule has 4 aromatic rings. The van der Waals surface area contributed by atoms with Crippen molar-refractivity contribution in [1.82, 2.24) is 25.5 Å². The van der Waals surface area contributed by atoms with Crippen molar-refractivity contribution >= 4 is 29.6 Å². The molecule has 0 aliphatic heterocycles. The lowest BCUT2D eigenvalue weighted by atomic mass is 10.0. The highest BCUT2D eigenvalue weighted by atomic mass is 19.3. The molecule has 2 saturated carbocycles. The van der Waals surface area contributed by atoms with Crippen molar-refractivity contribution in [2.75, 3.05) is 16.8 Å². The van der Waals surface area contributed by atoms with E-state index in [1.165, 1.54) is 11.1 Å². The van der Waals surface area contributed by atoms with Gasteiger partial charge in [0.15, 0.2) is 5.69 Å². The fourth-order valence-corrected chi connectivity index (χ4v) is 5.43. The maximum Gasteiger partial charge on any atom is 0.416 e. The number of amides is 3. The second kappa shape index (κ2) is 13.4. The van der Waals surface area contributed by atoms with Crippen molar-refractivity contribution in [3.8, 4) is 22.7 Å². The van der Waals surface area contributed by atoms with Gasteiger partial charge in [-0.1, -0.05) is 24.3 Å². The smallest absolute Gasteiger partial charge is 0.416 e. The Morgan fingerprint density at radius 1 is 1.02 bits per heavy atom. The van der Waals surface area contributed by atoms with Crippen LogP contribution in [0, 0.1) is 5.92 Å². The van der Waals surface area contributed by atoms with Gasteiger partial charge in [0.2, 0.25) is 5.89 Å². The first kappa shape index (κ1) is 35.5. The first-order valence-corrected chi connectivity index (χ1v) is 16.7. The summed E-state index contributed by atoms with van der Waals surface area (Å²) in [5, 5.41) is 11.9. The lowest BCUT2D eigenvalue weighted by Gasteiger charge is -2.27. The molecule has 0 radical (unpaired) electrons. The average Bonchev–Trinajstić information content (AvgIpc) is 3.93. The van der Waals surface area contributed by atoms with Crippen LogP contribution in [0.1, 0.15) is 95.4 Å². The average molecular weight is 706 g/mol. The number of alkyl carbamates (subject to hydrolysis) is 1. The molecular formula is C36H41F2N7O6. The van der Waals surface area contributed by atoms with Gasteiger partial charge in [-0.25, -0.2) is 28.3 Å². The lowest BCUT2D eigenvalue weighted by molar-refractivity contribution is 0.0493. The summed E-state index contributed by atoms with van der Waals surface area (Å²) in [6, 6.07) is 10.2. The monoisotopic (exact) mass is 705 g/mol. The number of halogens is 2. The van der Waals surface area contributed by atoms with Crippen LogP contribution in [0.5, 0.6) is 0 Å². The molecule has 3 heterocycles. The molecule has 0 saturated heterocycles. The zero-order valence-corrected chi connectivity index (χ0v) is 29.3. The highest BCUT2D eigenvalue weighted by Crippen LogP contribution is 2.46. The Balaban J connectivity index is 1.19. The number of ether oxygens (including phenoxy) is 2. The van der Waals surface area contributed by atoms with E-state index in [4.69, 9.17) is 13.9 Å². The number of rotatable bonds is 10. The number of H-pyrrole nitrogens is 1. The molecule has 3 amide bonds. The van der Waals surface area contributed by atoms with Crippen molar-refractivity contribution in [1.29, 1.82) is 0 Å². The minimum atomic E-state index is -2.97. The number of nitrogens with zero attached hydrogens (tertiary/aromatic N) is 4. The molecule has 0 unspecified atom stereocenters. The normalized spacial score (nSPS) is 15.3. The van der Waals surface area contributed by atoms with Gasteiger partial charge in [-0.05, 0) is 90.8 Å². The van der Waals surface area contributed by atoms with Crippen molar-refractivity contribution < 1.29 is 37.1 Å². The van der Waals surface area contributed by atoms with Crippen molar-refractivity contribution in [2.24, 2.45) is 5.92 Å². The topological polar surface area (TPSA) is 165 Å². The number of alkyl halides is 2. The van der Waals surface area contributed by atoms with Crippen molar-refractivity contribution in [3.05, 3.63) is 65.8 Å². The fraction of sp³-hybridized carbons (Fsp3) is 0.444. The van der Waals surface area contributed by atoms with Gasteiger partial charge in [0.25, 0.3) is 12.3 Å². The first-order valence-electron chi connectivity index (χ1n) is 16.7. The van der Waals surface area contributed by atoms with Gasteiger partial charge in [-0.2, -0.15) is 5.10 Å². The summed E-state index contributed by atoms with van der Waals surface area (Å²) in [5.41, 5.74) is -1.08. The first-order chi connectivity index (χ1) is 24.0. The fourth-order valence-electron chi connectivity index (χ4n) is 5.43. The molecule has 2 fully saturated rings. The zero-order valence-electron chi connectivity index (χ0n) is 29.3. The van der Waals surface area contributed by atoms with Crippen LogP contribution in [-0.2, 0) is 15.0 Å². The molecule has 51 heavy (non-hydrogen) atoms. The van der Waals surface area contributed by atoms with Gasteiger partial charge < -0.3 is 24.5 Å². The largest absolute Gasteiger partial charge is 0.444 e. The Morgan fingerprint density at radius 3 is 2.31 bits per heavy atom. The number of pyridine rings is 1. The molecule has 3 N–H and O–H groups in total. The van der Waals surface area contributed by atoms with Gasteiger partial charge in [0, 0.05) is 23.9 Å². The third-order valence-corrected chi connectivity index (χ3v) is 8.21. The van der Waals surface area contributed by atoms with E-state index in [1.54, 1.807) is 77.9 Å². The summed E-state index contributed by atoms with van der Waals surface area (Å²) in [6.45, 7) is 11.1. The maximum atomic E-state index is 14.1. The molecule has 2 aliphatic rings. The Morgan fingerprint density at radius 2 is 1.71 bits per heavy atom. The number of oxazole rings is 1. The quantitative estimate of drug-likeness (QED) is 0.148. The highest BCUT2D eigenvalue weighted by Gasteiger charge is 2.46. The number of hydrogen-bond donors (Lipinski definition) is 3. The third kappa shape index (κ3) is 8.52. The van der Waals surface area contributed by atoms with E-state index in [2.05, 4.69) is 30.8 Å². The number of hydrogen-bond acceptors (Lipinski definition) is 9. The van der Waals surface area contributed by atoms with Crippen LogP contribution in [-0.4, -0.2) is 56.0 Å². The number of nitrogens with one attached hydrogen (secondary N) is 3. The van der Waals surface area contributed by atoms with E-state index >= 15 is 0 Å². The maximum absolute atomic E-state index is 14.1. The van der Waals surface area contributed by atoms with Crippen LogP contribution >= 0.6 is 0 Å². The minimum Gasteiger partial charge on any atom is -0.444 e. The number of anilines is 2. The van der Waals surface area contributed by atoms with E-state index in [1.807, 2.05) is 0 Å². The number of carbonyl (C=O) groups is 3. The van der Waals surface area contributed by atoms with Crippen LogP contribution in [0.2, 0.25) is 0 Å². The molecular weight excluding hydrogens is 664 g/mol. The van der Waals surface area contributed by atoms with E-state index in [0.717, 1.165) is 24.7 Å². The van der Waals surface area contributed by atoms with Gasteiger partial charge in [0.05, 0.1) is 11.2 Å². The number of benzene rings is 1. The molecule has 3 aromatic heterocycles. The summed E-state index contributed by atoms with van der Waals surface area (Å²) in [4.78, 5) is 49.0. The summed E-state index contributed by atoms with van der Waals surface area (Å²) in [6.07, 6.45) is 2.02. The van der Waals surface area contributed by atoms with E-state index in [9.17, 15) is 23.2 Å². The van der Waals surface area contributed by atoms with Gasteiger partial charge >= 0.3 is 12.2 Å². The second-order valence-electron chi connectivity index (χ2n) is 14.9. The third-order valence-electron chi connectivity index (χ3n) is 8.21. The standard InChI is InChI=1S/C36H41F2N7O6/c1-34(2,3)50-32(47)42-36(14-15-36)23-11-9-21(10-12-23)26-27(28(29(37)38)44-43-26)41-30(46)24-19-49-31(40-24)22-13-16-39-25(17-22)45(18-20-7-8-20)33(48)51-35(4,5)6/h9-13,16-17,19-20,29H,7-8,14-15,18H2,1-6H3,(H,41,46)(H,42,47)(H,43,44). The van der Waals surface area contributed by atoms with E-state index < -0.39 is 47.0 Å². The lowest BCUT2D eigenvalue weighted by Crippen LogP contribution is -2.39. The number of aromatic amines is 1. The van der Waals surface area contributed by atoms with Crippen molar-refractivity contribution in [3.63, 3.8) is 0 Å². The Hall–Kier alpha value is -5.34. The molecule has 2 aliphatic carbocycles. The predicted molar refractivity (Wildman–Crippen MR) is 183 cm³/mol. The van der Waals surface area contributed by atoms with Crippen LogP contribution in [0.25, 0.3) is 22.7 Å². The number of aromatic nitrogens is 4. The van der Waals surface area contributed by atoms with Crippen LogP contribution in [0.3, 0.4) is 0 Å². The molecule has 270 valence electrons. The molecule has 1 aromatic carbocycles. The Kier molecular flexibility index (Phi) is 9.33. The summed E-state index contributed by atoms with van der Waals surface area (Å²) in [5.74, 6) is -0.0601. The highest BCUT2D eigenvalue weighted by molar-refractivity contribution is 6.05. The van der Waals surface area contributed by atoms with Crippen LogP contribution in [0.4, 0.5) is 29.9 Å². The Labute approximate surface area is 293 Å². The molecule has 6 rings (SSSR count). The molecule has 0 bridgehead atoms. The van der Waals surface area contributed by atoms with Crippen LogP contribution < -0.4 is 15.5 Å². The summed E-state index contributed by atoms with van der Waals surface area (Å²) >= 11 is 0. The SMILES string of the molecule is CC(C)(C)OC(=O)NC1(c2ccc(-c3n[nH]c(C(F)F)c3NC(=O)c3coc(-c4ccnc(N(CC5CC5)C(=O)OC(C)(C)C)c4)n3)cc2)CC1. The summed E-state index contributed by atoms with van der Waals surface area (Å²) in [7, 11) is 0. The molecule has 0 atom stereocenters. The molecule has 0 spiro atoms. The molecule has 13 nitrogen and oxygen atoms in total. The Bertz CT molecular complexity index is 1920. The summed E-state index contributed by atoms with van der Waals surface area (Å²) < 4.78 is 44.8. The van der Waals surface area contributed by atoms with Gasteiger partial charge in [0.1, 0.15) is 34.7 Å². The van der Waals surface area contributed by atoms with E-state index in [0.29, 0.717) is 42.2 Å². The number of carbonyl (C=O) groups excluding carboxylic acids is 3. The van der Waals surface area contributed by atoms with E-state index in [-0.39, 0.29) is 23.0 Å². The van der Waals surface area contributed by atoms with Gasteiger partial charge in [-0.3, -0.25) is 14.8 Å². The molecule has 15 heteroatoms. The van der Waals surface area contributed by atoms with Crippen LogP contribution in [0.15, 0.2) is 53.3 Å². The van der Waals surface area contributed by atoms with Crippen molar-refractivity contribution in [2.45, 2.75) is 90.4 Å².